The van der Waals surface area contributed by atoms with Crippen LogP contribution in [0.15, 0.2) is 57.9 Å². The van der Waals surface area contributed by atoms with Gasteiger partial charge in [0.25, 0.3) is 0 Å². The van der Waals surface area contributed by atoms with E-state index in [1.54, 1.807) is 11.8 Å². The number of halogens is 1. The minimum atomic E-state index is -0.118. The molecular formula is C19H22BrN3O2S. The average molecular weight is 436 g/mol. The highest BCUT2D eigenvalue weighted by Gasteiger charge is 2.11. The fraction of sp³-hybridized carbons (Fsp3) is 0.263. The Balaban J connectivity index is 1.77. The molecule has 0 bridgehead atoms. The van der Waals surface area contributed by atoms with E-state index >= 15 is 0 Å². The van der Waals surface area contributed by atoms with Crippen LogP contribution >= 0.6 is 27.7 Å². The third-order valence-electron chi connectivity index (χ3n) is 3.66. The number of thioether (sulfide) groups is 1. The molecule has 0 aromatic heterocycles. The van der Waals surface area contributed by atoms with Gasteiger partial charge in [0, 0.05) is 22.3 Å². The van der Waals surface area contributed by atoms with Gasteiger partial charge in [-0.1, -0.05) is 24.3 Å². The molecule has 2 N–H and O–H groups in total. The van der Waals surface area contributed by atoms with E-state index in [1.807, 2.05) is 66.7 Å². The summed E-state index contributed by atoms with van der Waals surface area (Å²) in [6.07, 6.45) is 2.30. The van der Waals surface area contributed by atoms with Crippen molar-refractivity contribution >= 4 is 50.9 Å². The summed E-state index contributed by atoms with van der Waals surface area (Å²) in [5.74, 6) is -0.183. The second-order valence-electron chi connectivity index (χ2n) is 5.76. The molecule has 138 valence electrons. The van der Waals surface area contributed by atoms with Crippen LogP contribution in [0.5, 0.6) is 0 Å². The monoisotopic (exact) mass is 435 g/mol. The summed E-state index contributed by atoms with van der Waals surface area (Å²) in [6, 6.07) is 15.2. The molecule has 0 aliphatic carbocycles. The Morgan fingerprint density at radius 1 is 1.00 bits per heavy atom. The predicted molar refractivity (Wildman–Crippen MR) is 112 cm³/mol. The fourth-order valence-electron chi connectivity index (χ4n) is 2.33. The van der Waals surface area contributed by atoms with E-state index in [0.29, 0.717) is 13.0 Å². The van der Waals surface area contributed by atoms with Gasteiger partial charge in [-0.25, -0.2) is 0 Å². The quantitative estimate of drug-likeness (QED) is 0.613. The minimum Gasteiger partial charge on any atom is -0.325 e. The van der Waals surface area contributed by atoms with Crippen LogP contribution in [-0.2, 0) is 9.59 Å². The van der Waals surface area contributed by atoms with Crippen molar-refractivity contribution in [1.29, 1.82) is 0 Å². The Morgan fingerprint density at radius 2 is 1.62 bits per heavy atom. The predicted octanol–water partition coefficient (Wildman–Crippen LogP) is 4.07. The largest absolute Gasteiger partial charge is 0.325 e. The summed E-state index contributed by atoms with van der Waals surface area (Å²) >= 11 is 4.99. The summed E-state index contributed by atoms with van der Waals surface area (Å²) in [4.78, 5) is 27.1. The van der Waals surface area contributed by atoms with Crippen molar-refractivity contribution in [3.8, 4) is 0 Å². The summed E-state index contributed by atoms with van der Waals surface area (Å²) in [7, 11) is 1.82. The number of carbonyl (C=O) groups is 2. The maximum atomic E-state index is 12.2. The van der Waals surface area contributed by atoms with Crippen LogP contribution in [0.1, 0.15) is 6.42 Å². The van der Waals surface area contributed by atoms with Gasteiger partial charge in [0.05, 0.1) is 17.9 Å². The van der Waals surface area contributed by atoms with Gasteiger partial charge in [-0.2, -0.15) is 0 Å². The van der Waals surface area contributed by atoms with Crippen molar-refractivity contribution in [3.05, 3.63) is 53.0 Å². The summed E-state index contributed by atoms with van der Waals surface area (Å²) in [5, 5.41) is 5.78. The second kappa shape index (κ2) is 10.4. The standard InChI is InChI=1S/C19H22BrN3O2S/c1-23(13-19(25)21-15-8-4-3-7-14(15)20)12-11-18(24)22-16-9-5-6-10-17(16)26-2/h3-10H,11-13H2,1-2H3,(H,21,25)(H,22,24). The zero-order chi connectivity index (χ0) is 18.9. The van der Waals surface area contributed by atoms with Crippen LogP contribution in [0, 0.1) is 0 Å². The lowest BCUT2D eigenvalue weighted by Gasteiger charge is -2.17. The number of nitrogens with one attached hydrogen (secondary N) is 2. The van der Waals surface area contributed by atoms with Crippen LogP contribution in [0.3, 0.4) is 0 Å². The Morgan fingerprint density at radius 3 is 2.31 bits per heavy atom. The van der Waals surface area contributed by atoms with Crippen molar-refractivity contribution in [2.24, 2.45) is 0 Å². The van der Waals surface area contributed by atoms with Gasteiger partial charge in [-0.3, -0.25) is 14.5 Å². The molecule has 0 aliphatic rings. The van der Waals surface area contributed by atoms with Crippen molar-refractivity contribution in [3.63, 3.8) is 0 Å². The van der Waals surface area contributed by atoms with Crippen LogP contribution in [-0.4, -0.2) is 43.1 Å². The lowest BCUT2D eigenvalue weighted by Crippen LogP contribution is -2.32. The Kier molecular flexibility index (Phi) is 8.15. The maximum Gasteiger partial charge on any atom is 0.238 e. The molecule has 0 saturated carbocycles. The summed E-state index contributed by atoms with van der Waals surface area (Å²) < 4.78 is 0.836. The number of nitrogens with zero attached hydrogens (tertiary/aromatic N) is 1. The fourth-order valence-corrected chi connectivity index (χ4v) is 3.27. The van der Waals surface area contributed by atoms with Gasteiger partial charge in [-0.05, 0) is 53.5 Å². The molecule has 0 saturated heterocycles. The number of carbonyl (C=O) groups excluding carboxylic acids is 2. The highest BCUT2D eigenvalue weighted by atomic mass is 79.9. The highest BCUT2D eigenvalue weighted by molar-refractivity contribution is 9.10. The zero-order valence-electron chi connectivity index (χ0n) is 14.8. The molecule has 26 heavy (non-hydrogen) atoms. The third-order valence-corrected chi connectivity index (χ3v) is 5.15. The van der Waals surface area contributed by atoms with Crippen molar-refractivity contribution in [1.82, 2.24) is 4.90 Å². The van der Waals surface area contributed by atoms with Crippen LogP contribution in [0.4, 0.5) is 11.4 Å². The smallest absolute Gasteiger partial charge is 0.238 e. The number of rotatable bonds is 8. The minimum absolute atomic E-state index is 0.0652. The molecule has 0 radical (unpaired) electrons. The number of amides is 2. The number of benzene rings is 2. The molecule has 0 unspecified atom stereocenters. The average Bonchev–Trinajstić information content (AvgIpc) is 2.62. The molecule has 5 nitrogen and oxygen atoms in total. The van der Waals surface area contributed by atoms with Gasteiger partial charge in [0.1, 0.15) is 0 Å². The molecule has 2 rings (SSSR count). The summed E-state index contributed by atoms with van der Waals surface area (Å²) in [5.41, 5.74) is 1.55. The molecule has 2 amide bonds. The molecule has 0 aliphatic heterocycles. The van der Waals surface area contributed by atoms with Gasteiger partial charge < -0.3 is 10.6 Å². The van der Waals surface area contributed by atoms with Crippen LogP contribution < -0.4 is 10.6 Å². The van der Waals surface area contributed by atoms with E-state index in [4.69, 9.17) is 0 Å². The first-order valence-electron chi connectivity index (χ1n) is 8.15. The van der Waals surface area contributed by atoms with Crippen molar-refractivity contribution in [2.75, 3.05) is 37.0 Å². The molecule has 2 aromatic rings. The Bertz CT molecular complexity index is 770. The molecule has 0 fully saturated rings. The second-order valence-corrected chi connectivity index (χ2v) is 7.47. The Hall–Kier alpha value is -1.83. The first-order chi connectivity index (χ1) is 12.5. The molecule has 0 spiro atoms. The van der Waals surface area contributed by atoms with Crippen molar-refractivity contribution < 1.29 is 9.59 Å². The Labute approximate surface area is 166 Å². The van der Waals surface area contributed by atoms with E-state index in [2.05, 4.69) is 26.6 Å². The van der Waals surface area contributed by atoms with E-state index in [0.717, 1.165) is 20.7 Å². The SMILES string of the molecule is CSc1ccccc1NC(=O)CCN(C)CC(=O)Nc1ccccc1Br. The molecule has 2 aromatic carbocycles. The van der Waals surface area contributed by atoms with E-state index in [9.17, 15) is 9.59 Å². The van der Waals surface area contributed by atoms with E-state index in [-0.39, 0.29) is 18.4 Å². The topological polar surface area (TPSA) is 61.4 Å². The van der Waals surface area contributed by atoms with Gasteiger partial charge in [0.2, 0.25) is 11.8 Å². The number of likely N-dealkylation sites (N-methyl/N-ethyl adjacent to an activating group) is 1. The van der Waals surface area contributed by atoms with Gasteiger partial charge in [-0.15, -0.1) is 11.8 Å². The number of para-hydroxylation sites is 2. The summed E-state index contributed by atoms with van der Waals surface area (Å²) in [6.45, 7) is 0.715. The van der Waals surface area contributed by atoms with Crippen molar-refractivity contribution in [2.45, 2.75) is 11.3 Å². The van der Waals surface area contributed by atoms with E-state index in [1.165, 1.54) is 0 Å². The molecule has 0 atom stereocenters. The lowest BCUT2D eigenvalue weighted by molar-refractivity contribution is -0.119. The lowest BCUT2D eigenvalue weighted by atomic mass is 10.3. The normalized spacial score (nSPS) is 10.6. The highest BCUT2D eigenvalue weighted by Crippen LogP contribution is 2.24. The first kappa shape index (κ1) is 20.5. The zero-order valence-corrected chi connectivity index (χ0v) is 17.2. The van der Waals surface area contributed by atoms with E-state index < -0.39 is 0 Å². The molecular weight excluding hydrogens is 414 g/mol. The maximum absolute atomic E-state index is 12.2. The van der Waals surface area contributed by atoms with Crippen LogP contribution in [0.2, 0.25) is 0 Å². The molecule has 0 heterocycles. The molecule has 7 heteroatoms. The van der Waals surface area contributed by atoms with Gasteiger partial charge >= 0.3 is 0 Å². The number of hydrogen-bond donors (Lipinski definition) is 2. The van der Waals surface area contributed by atoms with Gasteiger partial charge in [0.15, 0.2) is 0 Å². The number of anilines is 2. The van der Waals surface area contributed by atoms with Crippen LogP contribution in [0.25, 0.3) is 0 Å². The third kappa shape index (κ3) is 6.48. The first-order valence-corrected chi connectivity index (χ1v) is 10.2. The number of hydrogen-bond acceptors (Lipinski definition) is 4.